The maximum atomic E-state index is 6.35. The summed E-state index contributed by atoms with van der Waals surface area (Å²) in [6.07, 6.45) is 7.28. The molecule has 0 aliphatic heterocycles. The van der Waals surface area contributed by atoms with E-state index in [1.807, 2.05) is 6.20 Å². The Morgan fingerprint density at radius 3 is 2.71 bits per heavy atom. The lowest BCUT2D eigenvalue weighted by molar-refractivity contribution is 0.445. The Morgan fingerprint density at radius 1 is 1.18 bits per heavy atom. The average Bonchev–Trinajstić information content (AvgIpc) is 2.98. The van der Waals surface area contributed by atoms with E-state index in [9.17, 15) is 0 Å². The fraction of sp³-hybridized carbons (Fsp3) is 0.429. The van der Waals surface area contributed by atoms with Crippen molar-refractivity contribution in [3.05, 3.63) is 36.0 Å². The summed E-state index contributed by atoms with van der Waals surface area (Å²) in [6, 6.07) is 8.87. The molecule has 1 aliphatic carbocycles. The molecule has 3 N–H and O–H groups in total. The number of H-pyrrole nitrogens is 1. The van der Waals surface area contributed by atoms with Crippen molar-refractivity contribution in [2.45, 2.75) is 31.7 Å². The standard InChI is InChI=1S/C14H18N2.ClH/c15-14(10-3-1-2-4-10)12-5-6-13-11(9-12)7-8-16-13;/h5-10,14,16H,1-4,15H2;1H/t14-;/m0./s1. The van der Waals surface area contributed by atoms with E-state index in [4.69, 9.17) is 5.73 Å². The number of hydrogen-bond acceptors (Lipinski definition) is 1. The van der Waals surface area contributed by atoms with Gasteiger partial charge in [-0.25, -0.2) is 0 Å². The molecular weight excluding hydrogens is 232 g/mol. The minimum absolute atomic E-state index is 0. The van der Waals surface area contributed by atoms with Crippen LogP contribution in [0.3, 0.4) is 0 Å². The molecule has 0 unspecified atom stereocenters. The third kappa shape index (κ3) is 2.33. The number of hydrogen-bond donors (Lipinski definition) is 2. The van der Waals surface area contributed by atoms with E-state index in [1.165, 1.54) is 42.1 Å². The first-order valence-electron chi connectivity index (χ1n) is 6.17. The van der Waals surface area contributed by atoms with Crippen molar-refractivity contribution in [2.75, 3.05) is 0 Å². The molecule has 1 aromatic heterocycles. The molecule has 1 heterocycles. The van der Waals surface area contributed by atoms with Crippen LogP contribution in [-0.4, -0.2) is 4.98 Å². The summed E-state index contributed by atoms with van der Waals surface area (Å²) in [5.41, 5.74) is 8.84. The van der Waals surface area contributed by atoms with E-state index >= 15 is 0 Å². The van der Waals surface area contributed by atoms with E-state index in [0.717, 1.165) is 0 Å². The van der Waals surface area contributed by atoms with Crippen molar-refractivity contribution in [3.8, 4) is 0 Å². The van der Waals surface area contributed by atoms with Crippen LogP contribution in [0.15, 0.2) is 30.5 Å². The molecule has 3 rings (SSSR count). The predicted molar refractivity (Wildman–Crippen MR) is 74.4 cm³/mol. The normalized spacial score (nSPS) is 18.2. The second-order valence-electron chi connectivity index (χ2n) is 4.89. The third-order valence-electron chi connectivity index (χ3n) is 3.87. The number of rotatable bonds is 2. The molecule has 1 aromatic carbocycles. The monoisotopic (exact) mass is 250 g/mol. The molecule has 1 fully saturated rings. The molecule has 0 bridgehead atoms. The largest absolute Gasteiger partial charge is 0.361 e. The zero-order valence-electron chi connectivity index (χ0n) is 9.86. The highest BCUT2D eigenvalue weighted by molar-refractivity contribution is 5.85. The number of nitrogens with two attached hydrogens (primary N) is 1. The zero-order chi connectivity index (χ0) is 11.0. The Bertz CT molecular complexity index is 486. The number of halogens is 1. The van der Waals surface area contributed by atoms with Gasteiger partial charge >= 0.3 is 0 Å². The van der Waals surface area contributed by atoms with Crippen molar-refractivity contribution in [2.24, 2.45) is 11.7 Å². The van der Waals surface area contributed by atoms with Crippen LogP contribution >= 0.6 is 12.4 Å². The van der Waals surface area contributed by atoms with E-state index in [-0.39, 0.29) is 18.4 Å². The minimum Gasteiger partial charge on any atom is -0.361 e. The summed E-state index contributed by atoms with van der Waals surface area (Å²) < 4.78 is 0. The van der Waals surface area contributed by atoms with Crippen LogP contribution in [0, 0.1) is 5.92 Å². The Kier molecular flexibility index (Phi) is 3.75. The molecular formula is C14H19ClN2. The highest BCUT2D eigenvalue weighted by Gasteiger charge is 2.23. The molecule has 2 aromatic rings. The van der Waals surface area contributed by atoms with Gasteiger partial charge in [0.05, 0.1) is 0 Å². The Morgan fingerprint density at radius 2 is 1.94 bits per heavy atom. The number of fused-ring (bicyclic) bond motifs is 1. The molecule has 2 nitrogen and oxygen atoms in total. The summed E-state index contributed by atoms with van der Waals surface area (Å²) >= 11 is 0. The lowest BCUT2D eigenvalue weighted by Crippen LogP contribution is -2.18. The zero-order valence-corrected chi connectivity index (χ0v) is 10.7. The molecule has 3 heteroatoms. The minimum atomic E-state index is 0. The van der Waals surface area contributed by atoms with Gasteiger partial charge < -0.3 is 10.7 Å². The van der Waals surface area contributed by atoms with Crippen LogP contribution in [0.25, 0.3) is 10.9 Å². The van der Waals surface area contributed by atoms with Crippen molar-refractivity contribution in [3.63, 3.8) is 0 Å². The van der Waals surface area contributed by atoms with Gasteiger partial charge in [-0.1, -0.05) is 18.9 Å². The summed E-state index contributed by atoms with van der Waals surface area (Å²) in [5.74, 6) is 0.691. The Hall–Kier alpha value is -0.990. The second kappa shape index (κ2) is 5.11. The predicted octanol–water partition coefficient (Wildman–Crippen LogP) is 3.78. The molecule has 0 radical (unpaired) electrons. The molecule has 17 heavy (non-hydrogen) atoms. The lowest BCUT2D eigenvalue weighted by Gasteiger charge is -2.19. The maximum absolute atomic E-state index is 6.35. The highest BCUT2D eigenvalue weighted by atomic mass is 35.5. The summed E-state index contributed by atoms with van der Waals surface area (Å²) in [5, 5.41) is 1.27. The maximum Gasteiger partial charge on any atom is 0.0454 e. The van der Waals surface area contributed by atoms with Gasteiger partial charge in [-0.2, -0.15) is 0 Å². The van der Waals surface area contributed by atoms with E-state index in [0.29, 0.717) is 5.92 Å². The molecule has 0 amide bonds. The number of nitrogens with one attached hydrogen (secondary N) is 1. The van der Waals surface area contributed by atoms with E-state index in [1.54, 1.807) is 0 Å². The van der Waals surface area contributed by atoms with E-state index in [2.05, 4.69) is 29.2 Å². The summed E-state index contributed by atoms with van der Waals surface area (Å²) in [7, 11) is 0. The van der Waals surface area contributed by atoms with Crippen LogP contribution in [-0.2, 0) is 0 Å². The fourth-order valence-corrected chi connectivity index (χ4v) is 2.87. The second-order valence-corrected chi connectivity index (χ2v) is 4.89. The Balaban J connectivity index is 0.00000108. The van der Waals surface area contributed by atoms with Crippen LogP contribution in [0.4, 0.5) is 0 Å². The molecule has 0 saturated heterocycles. The SMILES string of the molecule is Cl.N[C@H](c1ccc2[nH]ccc2c1)C1CCCC1. The van der Waals surface area contributed by atoms with Gasteiger partial charge in [-0.15, -0.1) is 12.4 Å². The number of aromatic amines is 1. The molecule has 1 saturated carbocycles. The smallest absolute Gasteiger partial charge is 0.0454 e. The lowest BCUT2D eigenvalue weighted by atomic mass is 9.92. The first-order chi connectivity index (χ1) is 7.84. The first kappa shape index (κ1) is 12.5. The highest BCUT2D eigenvalue weighted by Crippen LogP contribution is 2.34. The van der Waals surface area contributed by atoms with E-state index < -0.39 is 0 Å². The van der Waals surface area contributed by atoms with Gasteiger partial charge in [0.2, 0.25) is 0 Å². The third-order valence-corrected chi connectivity index (χ3v) is 3.87. The van der Waals surface area contributed by atoms with Crippen molar-refractivity contribution < 1.29 is 0 Å². The summed E-state index contributed by atoms with van der Waals surface area (Å²) in [6.45, 7) is 0. The van der Waals surface area contributed by atoms with Gasteiger partial charge in [0.25, 0.3) is 0 Å². The van der Waals surface area contributed by atoms with Gasteiger partial charge in [-0.05, 0) is 47.9 Å². The van der Waals surface area contributed by atoms with Crippen LogP contribution in [0.2, 0.25) is 0 Å². The molecule has 1 atom stereocenters. The number of benzene rings is 1. The topological polar surface area (TPSA) is 41.8 Å². The fourth-order valence-electron chi connectivity index (χ4n) is 2.87. The first-order valence-corrected chi connectivity index (χ1v) is 6.17. The van der Waals surface area contributed by atoms with Crippen LogP contribution in [0.5, 0.6) is 0 Å². The van der Waals surface area contributed by atoms with Gasteiger partial charge in [0.15, 0.2) is 0 Å². The van der Waals surface area contributed by atoms with Crippen molar-refractivity contribution >= 4 is 23.3 Å². The Labute approximate surface area is 108 Å². The average molecular weight is 251 g/mol. The molecule has 92 valence electrons. The van der Waals surface area contributed by atoms with Gasteiger partial charge in [0.1, 0.15) is 0 Å². The van der Waals surface area contributed by atoms with Gasteiger partial charge in [0, 0.05) is 17.8 Å². The van der Waals surface area contributed by atoms with Crippen LogP contribution in [0.1, 0.15) is 37.3 Å². The number of aromatic nitrogens is 1. The van der Waals surface area contributed by atoms with Crippen LogP contribution < -0.4 is 5.73 Å². The quantitative estimate of drug-likeness (QED) is 0.837. The van der Waals surface area contributed by atoms with Gasteiger partial charge in [-0.3, -0.25) is 0 Å². The molecule has 0 spiro atoms. The summed E-state index contributed by atoms with van der Waals surface area (Å²) in [4.78, 5) is 3.21. The van der Waals surface area contributed by atoms with Crippen molar-refractivity contribution in [1.29, 1.82) is 0 Å². The molecule has 1 aliphatic rings. The van der Waals surface area contributed by atoms with Crippen molar-refractivity contribution in [1.82, 2.24) is 4.98 Å².